The number of anilines is 1. The van der Waals surface area contributed by atoms with Gasteiger partial charge in [0.2, 0.25) is 0 Å². The summed E-state index contributed by atoms with van der Waals surface area (Å²) in [5.41, 5.74) is 9.84. The van der Waals surface area contributed by atoms with Gasteiger partial charge in [0.1, 0.15) is 0 Å². The number of nitrogens with two attached hydrogens (primary N) is 1. The standard InChI is InChI=1S/C16H24N2/c1-11(2)13-9-18(10-13)16-5-3-4-12-8-14(17)6-7-15(12)16/h6-8,11,13,16H,3-5,9-10,17H2,1-2H3. The van der Waals surface area contributed by atoms with Crippen LogP contribution in [0.5, 0.6) is 0 Å². The highest BCUT2D eigenvalue weighted by molar-refractivity contribution is 5.46. The summed E-state index contributed by atoms with van der Waals surface area (Å²) in [5, 5.41) is 0. The van der Waals surface area contributed by atoms with Crippen molar-refractivity contribution in [3.8, 4) is 0 Å². The third-order valence-electron chi connectivity index (χ3n) is 4.77. The van der Waals surface area contributed by atoms with E-state index in [1.54, 1.807) is 0 Å². The van der Waals surface area contributed by atoms with Crippen LogP contribution in [0, 0.1) is 11.8 Å². The summed E-state index contributed by atoms with van der Waals surface area (Å²) in [6, 6.07) is 7.17. The number of nitrogen functional groups attached to an aromatic ring is 1. The van der Waals surface area contributed by atoms with Gasteiger partial charge < -0.3 is 5.73 Å². The molecule has 0 radical (unpaired) electrons. The lowest BCUT2D eigenvalue weighted by molar-refractivity contribution is 0.0203. The van der Waals surface area contributed by atoms with Crippen molar-refractivity contribution in [3.05, 3.63) is 29.3 Å². The smallest absolute Gasteiger partial charge is 0.0351 e. The highest BCUT2D eigenvalue weighted by Crippen LogP contribution is 2.39. The van der Waals surface area contributed by atoms with Crippen LogP contribution < -0.4 is 5.73 Å². The molecule has 1 saturated heterocycles. The number of aryl methyl sites for hydroxylation is 1. The number of hydrogen-bond acceptors (Lipinski definition) is 2. The zero-order valence-electron chi connectivity index (χ0n) is 11.5. The summed E-state index contributed by atoms with van der Waals surface area (Å²) >= 11 is 0. The molecule has 2 N–H and O–H groups in total. The fourth-order valence-corrected chi connectivity index (χ4v) is 3.41. The summed E-state index contributed by atoms with van der Waals surface area (Å²) in [6.07, 6.45) is 3.84. The monoisotopic (exact) mass is 244 g/mol. The maximum atomic E-state index is 5.90. The molecule has 1 heterocycles. The molecule has 1 aromatic rings. The fraction of sp³-hybridized carbons (Fsp3) is 0.625. The van der Waals surface area contributed by atoms with Gasteiger partial charge in [-0.25, -0.2) is 0 Å². The average Bonchev–Trinajstić information content (AvgIpc) is 2.26. The number of likely N-dealkylation sites (tertiary alicyclic amines) is 1. The second kappa shape index (κ2) is 4.58. The molecule has 0 saturated carbocycles. The first kappa shape index (κ1) is 12.0. The van der Waals surface area contributed by atoms with E-state index < -0.39 is 0 Å². The molecule has 3 rings (SSSR count). The Labute approximate surface area is 110 Å². The molecular weight excluding hydrogens is 220 g/mol. The quantitative estimate of drug-likeness (QED) is 0.809. The first-order valence-electron chi connectivity index (χ1n) is 7.27. The molecule has 1 unspecified atom stereocenters. The molecule has 2 nitrogen and oxygen atoms in total. The van der Waals surface area contributed by atoms with Gasteiger partial charge in [0.15, 0.2) is 0 Å². The van der Waals surface area contributed by atoms with Crippen LogP contribution in [0.15, 0.2) is 18.2 Å². The van der Waals surface area contributed by atoms with Crippen molar-refractivity contribution in [2.45, 2.75) is 39.2 Å². The maximum absolute atomic E-state index is 5.90. The Morgan fingerprint density at radius 3 is 2.78 bits per heavy atom. The minimum atomic E-state index is 0.657. The van der Waals surface area contributed by atoms with Gasteiger partial charge in [0.05, 0.1) is 0 Å². The molecular formula is C16H24N2. The number of benzene rings is 1. The van der Waals surface area contributed by atoms with Crippen molar-refractivity contribution in [3.63, 3.8) is 0 Å². The summed E-state index contributed by atoms with van der Waals surface area (Å²) in [6.45, 7) is 7.26. The molecule has 0 aromatic heterocycles. The van der Waals surface area contributed by atoms with Gasteiger partial charge in [-0.1, -0.05) is 19.9 Å². The van der Waals surface area contributed by atoms with Crippen LogP contribution >= 0.6 is 0 Å². The molecule has 0 bridgehead atoms. The first-order chi connectivity index (χ1) is 8.65. The van der Waals surface area contributed by atoms with Crippen LogP contribution in [0.25, 0.3) is 0 Å². The van der Waals surface area contributed by atoms with E-state index >= 15 is 0 Å². The van der Waals surface area contributed by atoms with Crippen LogP contribution in [0.4, 0.5) is 5.69 Å². The highest BCUT2D eigenvalue weighted by Gasteiger charge is 2.36. The third kappa shape index (κ3) is 2.03. The van der Waals surface area contributed by atoms with Crippen molar-refractivity contribution >= 4 is 5.69 Å². The molecule has 1 aliphatic carbocycles. The lowest BCUT2D eigenvalue weighted by Crippen LogP contribution is -2.51. The number of fused-ring (bicyclic) bond motifs is 1. The van der Waals surface area contributed by atoms with Crippen LogP contribution in [0.1, 0.15) is 43.9 Å². The van der Waals surface area contributed by atoms with Crippen LogP contribution in [0.2, 0.25) is 0 Å². The zero-order chi connectivity index (χ0) is 12.7. The molecule has 1 atom stereocenters. The predicted octanol–water partition coefficient (Wildman–Crippen LogP) is 3.23. The van der Waals surface area contributed by atoms with Crippen molar-refractivity contribution in [2.24, 2.45) is 11.8 Å². The summed E-state index contributed by atoms with van der Waals surface area (Å²) in [5.74, 6) is 1.74. The van der Waals surface area contributed by atoms with E-state index in [0.717, 1.165) is 17.5 Å². The van der Waals surface area contributed by atoms with E-state index in [2.05, 4.69) is 36.9 Å². The second-order valence-electron chi connectivity index (χ2n) is 6.32. The van der Waals surface area contributed by atoms with E-state index in [0.29, 0.717) is 6.04 Å². The van der Waals surface area contributed by atoms with Crippen LogP contribution in [-0.2, 0) is 6.42 Å². The Morgan fingerprint density at radius 1 is 1.28 bits per heavy atom. The summed E-state index contributed by atoms with van der Waals surface area (Å²) in [7, 11) is 0. The Kier molecular flexibility index (Phi) is 3.06. The van der Waals surface area contributed by atoms with E-state index in [1.807, 2.05) is 0 Å². The Balaban J connectivity index is 1.77. The Morgan fingerprint density at radius 2 is 2.06 bits per heavy atom. The largest absolute Gasteiger partial charge is 0.399 e. The van der Waals surface area contributed by atoms with Gasteiger partial charge in [-0.3, -0.25) is 4.90 Å². The van der Waals surface area contributed by atoms with E-state index in [-0.39, 0.29) is 0 Å². The summed E-state index contributed by atoms with van der Waals surface area (Å²) in [4.78, 5) is 2.67. The number of rotatable bonds is 2. The lowest BCUT2D eigenvalue weighted by atomic mass is 9.81. The van der Waals surface area contributed by atoms with Gasteiger partial charge in [0, 0.05) is 24.8 Å². The second-order valence-corrected chi connectivity index (χ2v) is 6.32. The van der Waals surface area contributed by atoms with E-state index in [1.165, 1.54) is 43.5 Å². The number of nitrogens with zero attached hydrogens (tertiary/aromatic N) is 1. The first-order valence-corrected chi connectivity index (χ1v) is 7.27. The third-order valence-corrected chi connectivity index (χ3v) is 4.77. The highest BCUT2D eigenvalue weighted by atomic mass is 15.2. The lowest BCUT2D eigenvalue weighted by Gasteiger charge is -2.48. The van der Waals surface area contributed by atoms with Crippen LogP contribution in [0.3, 0.4) is 0 Å². The molecule has 98 valence electrons. The molecule has 0 amide bonds. The van der Waals surface area contributed by atoms with Crippen molar-refractivity contribution in [2.75, 3.05) is 18.8 Å². The fourth-order valence-electron chi connectivity index (χ4n) is 3.41. The minimum absolute atomic E-state index is 0.657. The molecule has 1 fully saturated rings. The predicted molar refractivity (Wildman–Crippen MR) is 76.4 cm³/mol. The van der Waals surface area contributed by atoms with Gasteiger partial charge >= 0.3 is 0 Å². The topological polar surface area (TPSA) is 29.3 Å². The minimum Gasteiger partial charge on any atom is -0.399 e. The van der Waals surface area contributed by atoms with Gasteiger partial charge in [-0.2, -0.15) is 0 Å². The maximum Gasteiger partial charge on any atom is 0.0351 e. The zero-order valence-corrected chi connectivity index (χ0v) is 11.5. The SMILES string of the molecule is CC(C)C1CN(C2CCCc3cc(N)ccc32)C1. The molecule has 1 aromatic carbocycles. The molecule has 0 spiro atoms. The van der Waals surface area contributed by atoms with Gasteiger partial charge in [-0.05, 0) is 54.4 Å². The van der Waals surface area contributed by atoms with E-state index in [4.69, 9.17) is 5.73 Å². The molecule has 2 aliphatic rings. The van der Waals surface area contributed by atoms with Crippen molar-refractivity contribution in [1.29, 1.82) is 0 Å². The molecule has 1 aliphatic heterocycles. The van der Waals surface area contributed by atoms with E-state index in [9.17, 15) is 0 Å². The average molecular weight is 244 g/mol. The van der Waals surface area contributed by atoms with Gasteiger partial charge in [-0.15, -0.1) is 0 Å². The summed E-state index contributed by atoms with van der Waals surface area (Å²) < 4.78 is 0. The Bertz CT molecular complexity index is 433. The molecule has 18 heavy (non-hydrogen) atoms. The number of hydrogen-bond donors (Lipinski definition) is 1. The normalized spacial score (nSPS) is 24.9. The molecule has 2 heteroatoms. The Hall–Kier alpha value is -1.02. The van der Waals surface area contributed by atoms with Crippen molar-refractivity contribution in [1.82, 2.24) is 4.90 Å². The van der Waals surface area contributed by atoms with Crippen molar-refractivity contribution < 1.29 is 0 Å². The van der Waals surface area contributed by atoms with Gasteiger partial charge in [0.25, 0.3) is 0 Å². The van der Waals surface area contributed by atoms with Crippen LogP contribution in [-0.4, -0.2) is 18.0 Å².